The Morgan fingerprint density at radius 3 is 0.920 bits per heavy atom. The van der Waals surface area contributed by atoms with Gasteiger partial charge in [0.2, 0.25) is 10.0 Å². The molecule has 0 aromatic heterocycles. The van der Waals surface area contributed by atoms with Gasteiger partial charge in [0.1, 0.15) is 0 Å². The third-order valence-electron chi connectivity index (χ3n) is 3.64. The molecular formula is C6H21N3O12P4. The minimum Gasteiger partial charge on any atom is -0.323 e. The fourth-order valence-electron chi connectivity index (χ4n) is 1.97. The second-order valence-electron chi connectivity index (χ2n) is 5.35. The van der Waals surface area contributed by atoms with E-state index in [0.29, 0.717) is 0 Å². The molecule has 0 aliphatic rings. The Balaban J connectivity index is 6.16. The fourth-order valence-corrected chi connectivity index (χ4v) is 7.00. The molecule has 2 atom stereocenters. The molecule has 0 aromatic carbocycles. The predicted molar refractivity (Wildman–Crippen MR) is 84.1 cm³/mol. The quantitative estimate of drug-likeness (QED) is 0.167. The van der Waals surface area contributed by atoms with E-state index in [1.807, 2.05) is 5.32 Å². The van der Waals surface area contributed by atoms with Gasteiger partial charge in [-0.25, -0.2) is 0 Å². The lowest BCUT2D eigenvalue weighted by Crippen LogP contribution is -2.63. The second-order valence-corrected chi connectivity index (χ2v) is 13.4. The van der Waals surface area contributed by atoms with Crippen LogP contribution in [0.2, 0.25) is 0 Å². The summed E-state index contributed by atoms with van der Waals surface area (Å²) in [5.74, 6) is 0. The molecule has 0 rings (SSSR count). The van der Waals surface area contributed by atoms with Crippen molar-refractivity contribution in [1.29, 1.82) is 0 Å². The summed E-state index contributed by atoms with van der Waals surface area (Å²) in [7, 11) is -22.9. The van der Waals surface area contributed by atoms with Crippen molar-refractivity contribution in [2.45, 2.75) is 36.0 Å². The first-order valence-corrected chi connectivity index (χ1v) is 12.6. The molecule has 0 bridgehead atoms. The average Bonchev–Trinajstić information content (AvgIpc) is 2.30. The van der Waals surface area contributed by atoms with E-state index in [9.17, 15) is 57.4 Å². The maximum absolute atomic E-state index is 11.5. The van der Waals surface area contributed by atoms with Crippen LogP contribution in [0.25, 0.3) is 0 Å². The van der Waals surface area contributed by atoms with Crippen LogP contribution in [0.3, 0.4) is 0 Å². The summed E-state index contributed by atoms with van der Waals surface area (Å²) in [5, 5.41) is -5.24. The lowest BCUT2D eigenvalue weighted by Gasteiger charge is -2.41. The van der Waals surface area contributed by atoms with Crippen LogP contribution < -0.4 is 16.8 Å². The summed E-state index contributed by atoms with van der Waals surface area (Å²) in [6.07, 6.45) is 0. The maximum Gasteiger partial charge on any atom is 0.359 e. The van der Waals surface area contributed by atoms with E-state index < -0.39 is 52.5 Å². The van der Waals surface area contributed by atoms with E-state index in [2.05, 4.69) is 0 Å². The predicted octanol–water partition coefficient (Wildman–Crippen LogP) is -2.71. The number of rotatable bonds is 8. The van der Waals surface area contributed by atoms with Crippen molar-refractivity contribution in [3.05, 3.63) is 0 Å². The Bertz CT molecular complexity index is 585. The summed E-state index contributed by atoms with van der Waals surface area (Å²) >= 11 is 0. The Kier molecular flexibility index (Phi) is 7.28. The molecule has 0 spiro atoms. The topological polar surface area (TPSA) is 294 Å². The van der Waals surface area contributed by atoms with Crippen molar-refractivity contribution in [3.63, 3.8) is 0 Å². The first-order valence-electron chi connectivity index (χ1n) is 6.11. The van der Waals surface area contributed by atoms with Crippen LogP contribution >= 0.6 is 30.4 Å². The molecule has 0 aliphatic heterocycles. The van der Waals surface area contributed by atoms with Gasteiger partial charge >= 0.3 is 30.4 Å². The van der Waals surface area contributed by atoms with E-state index in [1.54, 1.807) is 0 Å². The van der Waals surface area contributed by atoms with Crippen molar-refractivity contribution in [1.82, 2.24) is 5.32 Å². The number of hydrogen-bond donors (Lipinski definition) is 11. The fraction of sp³-hybridized carbons (Fsp3) is 1.00. The van der Waals surface area contributed by atoms with Crippen LogP contribution in [-0.4, -0.2) is 61.3 Å². The normalized spacial score (nSPS) is 18.1. The first-order chi connectivity index (χ1) is 10.5. The molecule has 0 aromatic rings. The van der Waals surface area contributed by atoms with Gasteiger partial charge in [0.25, 0.3) is 0 Å². The average molecular weight is 451 g/mol. The minimum absolute atomic E-state index is 0.731. The molecule has 0 amide bonds. The molecule has 0 aliphatic carbocycles. The lowest BCUT2D eigenvalue weighted by atomic mass is 10.2. The van der Waals surface area contributed by atoms with Crippen molar-refractivity contribution in [2.75, 3.05) is 0 Å². The van der Waals surface area contributed by atoms with Crippen molar-refractivity contribution in [3.8, 4) is 0 Å². The monoisotopic (exact) mass is 451 g/mol. The van der Waals surface area contributed by atoms with Crippen molar-refractivity contribution >= 4 is 30.4 Å². The Morgan fingerprint density at radius 1 is 0.640 bits per heavy atom. The van der Waals surface area contributed by atoms with Crippen LogP contribution in [0, 0.1) is 0 Å². The SMILES string of the molecule is CC(NC(C)C(N)(P(=O)(O)O)P(=O)(O)O)C(N)(P(=O)(O)O)P(=O)(O)O. The second kappa shape index (κ2) is 7.14. The highest BCUT2D eigenvalue weighted by Gasteiger charge is 2.65. The van der Waals surface area contributed by atoms with E-state index in [0.717, 1.165) is 13.8 Å². The zero-order valence-electron chi connectivity index (χ0n) is 12.8. The van der Waals surface area contributed by atoms with Gasteiger partial charge in [-0.05, 0) is 13.8 Å². The molecule has 0 heterocycles. The highest BCUT2D eigenvalue weighted by Crippen LogP contribution is 2.69. The van der Waals surface area contributed by atoms with Crippen LogP contribution in [0.4, 0.5) is 0 Å². The molecule has 15 nitrogen and oxygen atoms in total. The van der Waals surface area contributed by atoms with Gasteiger partial charge < -0.3 is 55.9 Å². The summed E-state index contributed by atoms with van der Waals surface area (Å²) in [5.41, 5.74) is 10.4. The third kappa shape index (κ3) is 4.49. The summed E-state index contributed by atoms with van der Waals surface area (Å²) < 4.78 is 45.9. The smallest absolute Gasteiger partial charge is 0.323 e. The van der Waals surface area contributed by atoms with Crippen LogP contribution in [-0.2, 0) is 18.3 Å². The third-order valence-corrected chi connectivity index (χ3v) is 12.0. The van der Waals surface area contributed by atoms with Gasteiger partial charge in [-0.2, -0.15) is 0 Å². The molecule has 25 heavy (non-hydrogen) atoms. The first kappa shape index (κ1) is 25.5. The minimum atomic E-state index is -5.73. The molecule has 0 radical (unpaired) electrons. The lowest BCUT2D eigenvalue weighted by molar-refractivity contribution is 0.256. The summed E-state index contributed by atoms with van der Waals surface area (Å²) in [6, 6.07) is -4.18. The van der Waals surface area contributed by atoms with Gasteiger partial charge in [-0.3, -0.25) is 18.3 Å². The molecule has 0 saturated carbocycles. The molecule has 13 N–H and O–H groups in total. The summed E-state index contributed by atoms with van der Waals surface area (Å²) in [4.78, 5) is 73.5. The maximum atomic E-state index is 11.5. The molecule has 0 saturated heterocycles. The van der Waals surface area contributed by atoms with E-state index in [-0.39, 0.29) is 0 Å². The number of nitrogens with two attached hydrogens (primary N) is 2. The Hall–Kier alpha value is 0.480. The van der Waals surface area contributed by atoms with Crippen LogP contribution in [0.5, 0.6) is 0 Å². The largest absolute Gasteiger partial charge is 0.359 e. The Labute approximate surface area is 141 Å². The number of nitrogens with one attached hydrogen (secondary N) is 1. The van der Waals surface area contributed by atoms with E-state index in [4.69, 9.17) is 11.5 Å². The molecule has 0 fully saturated rings. The standard InChI is InChI=1S/C6H21N3O12P4/c1-3(5(7,22(10,11)12)23(13,14)15)9-4(2)6(8,24(16,17)18)25(19,20)21/h3-4,9H,7-8H2,1-2H3,(H2,10,11,12)(H2,13,14,15)(H2,16,17,18)(H2,19,20,21). The van der Waals surface area contributed by atoms with Gasteiger partial charge in [0.15, 0.2) is 0 Å². The van der Waals surface area contributed by atoms with Gasteiger partial charge in [0.05, 0.1) is 0 Å². The molecular weight excluding hydrogens is 430 g/mol. The van der Waals surface area contributed by atoms with Crippen LogP contribution in [0.15, 0.2) is 0 Å². The zero-order chi connectivity index (χ0) is 20.9. The molecule has 2 unspecified atom stereocenters. The van der Waals surface area contributed by atoms with E-state index >= 15 is 0 Å². The van der Waals surface area contributed by atoms with Gasteiger partial charge in [0, 0.05) is 12.1 Å². The van der Waals surface area contributed by atoms with E-state index in [1.165, 1.54) is 0 Å². The van der Waals surface area contributed by atoms with Gasteiger partial charge in [-0.15, -0.1) is 0 Å². The Morgan fingerprint density at radius 2 is 0.800 bits per heavy atom. The zero-order valence-corrected chi connectivity index (χ0v) is 16.4. The molecule has 19 heteroatoms. The highest BCUT2D eigenvalue weighted by molar-refractivity contribution is 7.73. The summed E-state index contributed by atoms with van der Waals surface area (Å²) in [6.45, 7) is 1.46. The molecule has 152 valence electrons. The van der Waals surface area contributed by atoms with Crippen molar-refractivity contribution in [2.24, 2.45) is 11.5 Å². The number of hydrogen-bond acceptors (Lipinski definition) is 7. The highest BCUT2D eigenvalue weighted by atomic mass is 31.2. The van der Waals surface area contributed by atoms with Crippen molar-refractivity contribution < 1.29 is 57.4 Å². The van der Waals surface area contributed by atoms with Gasteiger partial charge in [-0.1, -0.05) is 0 Å². The van der Waals surface area contributed by atoms with Crippen LogP contribution in [0.1, 0.15) is 13.8 Å².